The van der Waals surface area contributed by atoms with Crippen LogP contribution in [0.5, 0.6) is 0 Å². The van der Waals surface area contributed by atoms with Crippen LogP contribution in [0.1, 0.15) is 47.5 Å². The van der Waals surface area contributed by atoms with Crippen LogP contribution in [-0.2, 0) is 4.74 Å². The molecule has 2 N–H and O–H groups in total. The van der Waals surface area contributed by atoms with Crippen molar-refractivity contribution < 1.29 is 18.7 Å². The van der Waals surface area contributed by atoms with Gasteiger partial charge in [-0.25, -0.2) is 9.18 Å². The third kappa shape index (κ3) is 2.42. The molecule has 3 aliphatic rings. The van der Waals surface area contributed by atoms with Crippen molar-refractivity contribution in [1.82, 2.24) is 10.6 Å². The lowest BCUT2D eigenvalue weighted by Crippen LogP contribution is -2.44. The highest BCUT2D eigenvalue weighted by molar-refractivity contribution is 5.95. The topological polar surface area (TPSA) is 67.4 Å². The molecule has 0 radical (unpaired) electrons. The average molecular weight is 304 g/mol. The van der Waals surface area contributed by atoms with Crippen LogP contribution in [0.3, 0.4) is 0 Å². The number of rotatable bonds is 3. The molecule has 2 bridgehead atoms. The van der Waals surface area contributed by atoms with Gasteiger partial charge >= 0.3 is 6.09 Å². The lowest BCUT2D eigenvalue weighted by atomic mass is 10.1. The minimum absolute atomic E-state index is 0.0270. The maximum atomic E-state index is 13.9. The highest BCUT2D eigenvalue weighted by atomic mass is 19.1. The Bertz CT molecular complexity index is 644. The van der Waals surface area contributed by atoms with Crippen LogP contribution in [0.15, 0.2) is 18.2 Å². The van der Waals surface area contributed by atoms with Gasteiger partial charge in [0.2, 0.25) is 0 Å². The van der Waals surface area contributed by atoms with Gasteiger partial charge in [0.15, 0.2) is 0 Å². The molecule has 2 saturated carbocycles. The quantitative estimate of drug-likeness (QED) is 0.898. The average Bonchev–Trinajstić information content (AvgIpc) is 3.27. The van der Waals surface area contributed by atoms with E-state index in [1.807, 2.05) is 0 Å². The van der Waals surface area contributed by atoms with Crippen LogP contribution >= 0.6 is 0 Å². The first kappa shape index (κ1) is 13.5. The van der Waals surface area contributed by atoms with Crippen LogP contribution in [0.2, 0.25) is 0 Å². The first-order chi connectivity index (χ1) is 10.6. The highest BCUT2D eigenvalue weighted by Crippen LogP contribution is 2.40. The first-order valence-electron chi connectivity index (χ1n) is 7.67. The predicted octanol–water partition coefficient (Wildman–Crippen LogP) is 2.07. The van der Waals surface area contributed by atoms with Gasteiger partial charge in [-0.05, 0) is 42.9 Å². The largest absolute Gasteiger partial charge is 0.444 e. The number of alkyl carbamates (subject to hydrolysis) is 1. The number of amides is 2. The number of hydrogen-bond donors (Lipinski definition) is 2. The summed E-state index contributed by atoms with van der Waals surface area (Å²) in [5, 5.41) is 5.53. The fourth-order valence-corrected chi connectivity index (χ4v) is 3.37. The molecule has 3 fully saturated rings. The standard InChI is InChI=1S/C16H17FN2O3/c17-12-4-3-9(8-1-2-8)5-11(12)15(20)19-13-6-10-7-14(13)22-16(21)18-10/h3-5,8,10,13-14H,1-2,6-7H2,(H,18,21)(H,19,20)/t10-,13-,14-/m1/s1. The van der Waals surface area contributed by atoms with Crippen LogP contribution in [0.4, 0.5) is 9.18 Å². The Kier molecular flexibility index (Phi) is 3.06. The summed E-state index contributed by atoms with van der Waals surface area (Å²) in [6.45, 7) is 0. The molecule has 6 heteroatoms. The molecule has 4 rings (SSSR count). The zero-order valence-corrected chi connectivity index (χ0v) is 12.0. The second kappa shape index (κ2) is 4.97. The van der Waals surface area contributed by atoms with E-state index in [2.05, 4.69) is 10.6 Å². The summed E-state index contributed by atoms with van der Waals surface area (Å²) in [5.74, 6) is -0.491. The van der Waals surface area contributed by atoms with Crippen molar-refractivity contribution >= 4 is 12.0 Å². The summed E-state index contributed by atoms with van der Waals surface area (Å²) in [5.41, 5.74) is 1.09. The molecule has 116 valence electrons. The number of nitrogens with one attached hydrogen (secondary N) is 2. The maximum absolute atomic E-state index is 13.9. The fourth-order valence-electron chi connectivity index (χ4n) is 3.37. The second-order valence-electron chi connectivity index (χ2n) is 6.35. The smallest absolute Gasteiger partial charge is 0.407 e. The molecule has 22 heavy (non-hydrogen) atoms. The fraction of sp³-hybridized carbons (Fsp3) is 0.500. The van der Waals surface area contributed by atoms with Crippen LogP contribution < -0.4 is 10.6 Å². The van der Waals surface area contributed by atoms with Crippen molar-refractivity contribution in [2.45, 2.75) is 49.8 Å². The Hall–Kier alpha value is -2.11. The Morgan fingerprint density at radius 3 is 2.91 bits per heavy atom. The summed E-state index contributed by atoms with van der Waals surface area (Å²) in [6, 6.07) is 4.52. The van der Waals surface area contributed by atoms with E-state index in [0.29, 0.717) is 18.8 Å². The maximum Gasteiger partial charge on any atom is 0.407 e. The molecule has 1 saturated heterocycles. The summed E-state index contributed by atoms with van der Waals surface area (Å²) < 4.78 is 19.1. The number of carbonyl (C=O) groups is 2. The van der Waals surface area contributed by atoms with E-state index in [4.69, 9.17) is 4.74 Å². The minimum atomic E-state index is -0.516. The van der Waals surface area contributed by atoms with Gasteiger partial charge in [0.1, 0.15) is 11.9 Å². The molecule has 1 aromatic carbocycles. The lowest BCUT2D eigenvalue weighted by Gasteiger charge is -2.23. The first-order valence-corrected chi connectivity index (χ1v) is 7.67. The number of benzene rings is 1. The van der Waals surface area contributed by atoms with E-state index in [-0.39, 0.29) is 23.8 Å². The molecular formula is C16H17FN2O3. The monoisotopic (exact) mass is 304 g/mol. The second-order valence-corrected chi connectivity index (χ2v) is 6.35. The molecule has 1 heterocycles. The van der Waals surface area contributed by atoms with E-state index in [1.54, 1.807) is 12.1 Å². The molecular weight excluding hydrogens is 287 g/mol. The van der Waals surface area contributed by atoms with Gasteiger partial charge in [-0.3, -0.25) is 4.79 Å². The number of hydrogen-bond acceptors (Lipinski definition) is 3. The van der Waals surface area contributed by atoms with Crippen molar-refractivity contribution in [2.24, 2.45) is 0 Å². The van der Waals surface area contributed by atoms with Crippen molar-refractivity contribution in [3.63, 3.8) is 0 Å². The minimum Gasteiger partial charge on any atom is -0.444 e. The molecule has 0 spiro atoms. The van der Waals surface area contributed by atoms with Crippen LogP contribution in [-0.4, -0.2) is 30.2 Å². The third-order valence-electron chi connectivity index (χ3n) is 4.68. The van der Waals surface area contributed by atoms with Gasteiger partial charge in [-0.2, -0.15) is 0 Å². The Morgan fingerprint density at radius 1 is 1.32 bits per heavy atom. The number of ether oxygens (including phenoxy) is 1. The van der Waals surface area contributed by atoms with E-state index < -0.39 is 17.8 Å². The van der Waals surface area contributed by atoms with Crippen molar-refractivity contribution in [2.75, 3.05) is 0 Å². The third-order valence-corrected chi connectivity index (χ3v) is 4.68. The van der Waals surface area contributed by atoms with Gasteiger partial charge in [0.05, 0.1) is 11.6 Å². The molecule has 5 nitrogen and oxygen atoms in total. The van der Waals surface area contributed by atoms with Gasteiger partial charge in [-0.15, -0.1) is 0 Å². The zero-order valence-electron chi connectivity index (χ0n) is 12.0. The van der Waals surface area contributed by atoms with Gasteiger partial charge in [-0.1, -0.05) is 6.07 Å². The summed E-state index contributed by atoms with van der Waals surface area (Å²) in [4.78, 5) is 23.7. The van der Waals surface area contributed by atoms with Crippen molar-refractivity contribution in [1.29, 1.82) is 0 Å². The summed E-state index contributed by atoms with van der Waals surface area (Å²) >= 11 is 0. The molecule has 0 unspecified atom stereocenters. The summed E-state index contributed by atoms with van der Waals surface area (Å²) in [7, 11) is 0. The number of fused-ring (bicyclic) bond motifs is 2. The predicted molar refractivity (Wildman–Crippen MR) is 76.1 cm³/mol. The molecule has 1 aliphatic heterocycles. The Balaban J connectivity index is 1.50. The van der Waals surface area contributed by atoms with E-state index in [1.165, 1.54) is 6.07 Å². The van der Waals surface area contributed by atoms with Crippen molar-refractivity contribution in [3.8, 4) is 0 Å². The van der Waals surface area contributed by atoms with Gasteiger partial charge in [0, 0.05) is 12.5 Å². The molecule has 0 aromatic heterocycles. The normalized spacial score (nSPS) is 29.7. The Morgan fingerprint density at radius 2 is 2.14 bits per heavy atom. The van der Waals surface area contributed by atoms with Crippen LogP contribution in [0, 0.1) is 5.82 Å². The number of halogens is 1. The van der Waals surface area contributed by atoms with Gasteiger partial charge in [0.25, 0.3) is 5.91 Å². The Labute approximate surface area is 127 Å². The lowest BCUT2D eigenvalue weighted by molar-refractivity contribution is 0.0658. The van der Waals surface area contributed by atoms with E-state index in [0.717, 1.165) is 18.4 Å². The SMILES string of the molecule is O=C1N[C@@H]2C[C@@H](NC(=O)c3cc(C4CC4)ccc3F)[C@@H](C2)O1. The molecule has 1 aromatic rings. The molecule has 2 amide bonds. The van der Waals surface area contributed by atoms with E-state index in [9.17, 15) is 14.0 Å². The van der Waals surface area contributed by atoms with E-state index >= 15 is 0 Å². The number of carbonyl (C=O) groups excluding carboxylic acids is 2. The summed E-state index contributed by atoms with van der Waals surface area (Å²) in [6.07, 6.45) is 2.73. The highest BCUT2D eigenvalue weighted by Gasteiger charge is 2.42. The zero-order chi connectivity index (χ0) is 15.3. The van der Waals surface area contributed by atoms with Crippen LogP contribution in [0.25, 0.3) is 0 Å². The molecule has 3 atom stereocenters. The van der Waals surface area contributed by atoms with Gasteiger partial charge < -0.3 is 15.4 Å². The molecule has 2 aliphatic carbocycles. The van der Waals surface area contributed by atoms with Crippen molar-refractivity contribution in [3.05, 3.63) is 35.1 Å².